The van der Waals surface area contributed by atoms with E-state index in [-0.39, 0.29) is 24.3 Å². The Bertz CT molecular complexity index is 2020. The van der Waals surface area contributed by atoms with Crippen molar-refractivity contribution < 1.29 is 33.9 Å². The van der Waals surface area contributed by atoms with Crippen LogP contribution in [0.4, 0.5) is 0 Å². The number of hydrogen-bond acceptors (Lipinski definition) is 12. The summed E-state index contributed by atoms with van der Waals surface area (Å²) in [6, 6.07) is 20.0. The molecule has 2 atom stereocenters. The first-order valence-corrected chi connectivity index (χ1v) is 20.5. The van der Waals surface area contributed by atoms with E-state index in [9.17, 15) is 20.0 Å². The molecule has 13 heteroatoms. The molecule has 0 bridgehead atoms. The molecule has 1 aromatic heterocycles. The number of ether oxygens (including phenoxy) is 2. The number of oxime groups is 1. The lowest BCUT2D eigenvalue weighted by atomic mass is 9.86. The number of amides is 1. The third-order valence-electron chi connectivity index (χ3n) is 11.5. The molecular formula is C46H66N6O7. The number of aryl methyl sites for hydroxylation is 1. The van der Waals surface area contributed by atoms with Gasteiger partial charge < -0.3 is 45.2 Å². The Morgan fingerprint density at radius 1 is 0.881 bits per heavy atom. The molecule has 13 nitrogen and oxygen atoms in total. The zero-order valence-electron chi connectivity index (χ0n) is 36.9. The molecule has 0 aliphatic rings. The van der Waals surface area contributed by atoms with Crippen LogP contribution in [0.2, 0.25) is 0 Å². The van der Waals surface area contributed by atoms with Crippen molar-refractivity contribution >= 4 is 28.4 Å². The van der Waals surface area contributed by atoms with Gasteiger partial charge in [0, 0.05) is 66.7 Å². The van der Waals surface area contributed by atoms with Crippen LogP contribution in [0.3, 0.4) is 0 Å². The number of carbonyl (C=O) groups is 2. The summed E-state index contributed by atoms with van der Waals surface area (Å²) in [5.74, 6) is 1.19. The fourth-order valence-corrected chi connectivity index (χ4v) is 6.46. The highest BCUT2D eigenvalue weighted by Crippen LogP contribution is 2.36. The van der Waals surface area contributed by atoms with Gasteiger partial charge in [-0.15, -0.1) is 0 Å². The van der Waals surface area contributed by atoms with Gasteiger partial charge >= 0.3 is 0 Å². The molecule has 0 saturated carbocycles. The molecule has 0 aliphatic carbocycles. The summed E-state index contributed by atoms with van der Waals surface area (Å²) in [4.78, 5) is 29.6. The maximum Gasteiger partial charge on any atom is 0.257 e. The van der Waals surface area contributed by atoms with Gasteiger partial charge in [-0.05, 0) is 122 Å². The lowest BCUT2D eigenvalue weighted by molar-refractivity contribution is -0.123. The molecule has 5 N–H and O–H groups in total. The summed E-state index contributed by atoms with van der Waals surface area (Å²) in [7, 11) is 1.62. The fraction of sp³-hybridized carbons (Fsp3) is 0.500. The van der Waals surface area contributed by atoms with E-state index in [1.54, 1.807) is 38.2 Å². The molecule has 59 heavy (non-hydrogen) atoms. The number of nitrogens with zero attached hydrogens (tertiary/aromatic N) is 3. The van der Waals surface area contributed by atoms with Crippen molar-refractivity contribution in [3.05, 3.63) is 83.4 Å². The Hall–Kier alpha value is -4.79. The van der Waals surface area contributed by atoms with Gasteiger partial charge in [0.25, 0.3) is 5.91 Å². The number of likely N-dealkylation sites (N-methyl/N-ethyl adjacent to an activating group) is 2. The van der Waals surface area contributed by atoms with Crippen LogP contribution in [-0.2, 0) is 4.79 Å². The van der Waals surface area contributed by atoms with Gasteiger partial charge in [-0.2, -0.15) is 5.06 Å². The smallest absolute Gasteiger partial charge is 0.257 e. The minimum Gasteiger partial charge on any atom is -0.492 e. The zero-order chi connectivity index (χ0) is 43.5. The third-order valence-corrected chi connectivity index (χ3v) is 11.5. The normalized spacial score (nSPS) is 14.1. The molecule has 1 heterocycles. The van der Waals surface area contributed by atoms with Crippen molar-refractivity contribution in [3.63, 3.8) is 0 Å². The molecule has 0 radical (unpaired) electrons. The van der Waals surface area contributed by atoms with Gasteiger partial charge in [0.05, 0.1) is 16.8 Å². The van der Waals surface area contributed by atoms with Crippen LogP contribution in [0.25, 0.3) is 22.3 Å². The maximum atomic E-state index is 14.2. The zero-order valence-corrected chi connectivity index (χ0v) is 36.9. The van der Waals surface area contributed by atoms with Crippen molar-refractivity contribution in [3.8, 4) is 22.8 Å². The molecular weight excluding hydrogens is 749 g/mol. The van der Waals surface area contributed by atoms with Crippen LogP contribution in [0.15, 0.2) is 76.3 Å². The highest BCUT2D eigenvalue weighted by atomic mass is 16.5. The number of hydroxylamine groups is 2. The number of fused-ring (bicyclic) bond motifs is 1. The van der Waals surface area contributed by atoms with Gasteiger partial charge in [-0.1, -0.05) is 37.6 Å². The highest BCUT2D eigenvalue weighted by molar-refractivity contribution is 6.19. The van der Waals surface area contributed by atoms with Crippen LogP contribution < -0.4 is 25.4 Å². The second-order valence-corrected chi connectivity index (χ2v) is 16.9. The lowest BCUT2D eigenvalue weighted by Gasteiger charge is -2.41. The first-order valence-electron chi connectivity index (χ1n) is 20.5. The quantitative estimate of drug-likeness (QED) is 0.0224. The summed E-state index contributed by atoms with van der Waals surface area (Å²) in [6.45, 7) is 24.3. The van der Waals surface area contributed by atoms with Crippen molar-refractivity contribution in [2.45, 2.75) is 86.4 Å². The van der Waals surface area contributed by atoms with Gasteiger partial charge in [-0.25, -0.2) is 0 Å². The van der Waals surface area contributed by atoms with E-state index in [0.29, 0.717) is 71.5 Å². The Balaban J connectivity index is 1.45. The topological polar surface area (TPSA) is 161 Å². The van der Waals surface area contributed by atoms with Crippen molar-refractivity contribution in [1.29, 1.82) is 0 Å². The predicted molar refractivity (Wildman–Crippen MR) is 234 cm³/mol. The summed E-state index contributed by atoms with van der Waals surface area (Å²) in [6.07, 6.45) is 0. The monoisotopic (exact) mass is 814 g/mol. The lowest BCUT2D eigenvalue weighted by Crippen LogP contribution is -2.60. The van der Waals surface area contributed by atoms with Crippen LogP contribution >= 0.6 is 0 Å². The largest absolute Gasteiger partial charge is 0.492 e. The van der Waals surface area contributed by atoms with Gasteiger partial charge in [-0.3, -0.25) is 9.59 Å². The van der Waals surface area contributed by atoms with Crippen molar-refractivity contribution in [2.24, 2.45) is 10.6 Å². The summed E-state index contributed by atoms with van der Waals surface area (Å²) in [5, 5.41) is 34.9. The van der Waals surface area contributed by atoms with Crippen LogP contribution in [0, 0.1) is 12.3 Å². The number of furan rings is 1. The Morgan fingerprint density at radius 2 is 1.49 bits per heavy atom. The maximum absolute atomic E-state index is 14.2. The fourth-order valence-electron chi connectivity index (χ4n) is 6.46. The second-order valence-electron chi connectivity index (χ2n) is 16.9. The summed E-state index contributed by atoms with van der Waals surface area (Å²) < 4.78 is 18.2. The molecule has 4 aromatic rings. The molecule has 4 rings (SSSR count). The highest BCUT2D eigenvalue weighted by Gasteiger charge is 2.34. The van der Waals surface area contributed by atoms with E-state index in [4.69, 9.17) is 13.9 Å². The average molecular weight is 815 g/mol. The van der Waals surface area contributed by atoms with Crippen LogP contribution in [0.5, 0.6) is 11.5 Å². The van der Waals surface area contributed by atoms with Crippen molar-refractivity contribution in [2.75, 3.05) is 59.5 Å². The molecule has 0 saturated heterocycles. The molecule has 322 valence electrons. The van der Waals surface area contributed by atoms with E-state index in [2.05, 4.69) is 46.8 Å². The minimum atomic E-state index is -0.593. The molecule has 0 fully saturated rings. The molecule has 1 amide bonds. The van der Waals surface area contributed by atoms with Gasteiger partial charge in [0.15, 0.2) is 12.4 Å². The van der Waals surface area contributed by atoms with E-state index < -0.39 is 16.5 Å². The van der Waals surface area contributed by atoms with E-state index >= 15 is 0 Å². The standard InChI is InChI=1S/C46H66N6O7/c1-12-52(13-2)24-25-57-36-19-15-34(16-20-36)42(54)41-38-26-31(3)14-23-39(38)59-43(41)35-17-21-37(22-18-35)58-27-40(53)47-28-46(10,29-48-44(6,7)32(4)50-55)30-49-45(8,9)33(5)51(11)56/h14-23,26,33,48-49,55-56H,12-13,24-25,27-30H2,1-11H3,(H,47,53)/b50-32+. The number of hydrogen-bond donors (Lipinski definition) is 5. The Morgan fingerprint density at radius 3 is 2.10 bits per heavy atom. The first kappa shape index (κ1) is 46.9. The van der Waals surface area contributed by atoms with Crippen LogP contribution in [-0.4, -0.2) is 114 Å². The van der Waals surface area contributed by atoms with E-state index in [0.717, 1.165) is 30.6 Å². The van der Waals surface area contributed by atoms with Crippen molar-refractivity contribution in [1.82, 2.24) is 25.9 Å². The SMILES string of the molecule is CCN(CC)CCOc1ccc(C(=O)c2c(-c3ccc(OCC(=O)NCC(C)(CNC(C)(C)/C(C)=N/O)CNC(C)(C)C(C)N(C)O)cc3)oc3ccc(C)cc23)cc1. The van der Waals surface area contributed by atoms with Gasteiger partial charge in [0.1, 0.15) is 29.4 Å². The predicted octanol–water partition coefficient (Wildman–Crippen LogP) is 7.16. The molecule has 0 aliphatic heterocycles. The minimum absolute atomic E-state index is 0.160. The molecule has 0 spiro atoms. The van der Waals surface area contributed by atoms with E-state index in [1.165, 1.54) is 5.06 Å². The third kappa shape index (κ3) is 12.6. The van der Waals surface area contributed by atoms with Crippen LogP contribution in [0.1, 0.15) is 83.8 Å². The first-order chi connectivity index (χ1) is 27.8. The number of nitrogens with one attached hydrogen (secondary N) is 3. The molecule has 2 unspecified atom stereocenters. The number of carbonyl (C=O) groups excluding carboxylic acids is 2. The number of benzene rings is 3. The summed E-state index contributed by atoms with van der Waals surface area (Å²) in [5.41, 5.74) is 2.30. The van der Waals surface area contributed by atoms with Gasteiger partial charge in [0.2, 0.25) is 0 Å². The van der Waals surface area contributed by atoms with E-state index in [1.807, 2.05) is 84.0 Å². The Labute approximate surface area is 350 Å². The number of rotatable bonds is 23. The number of ketones is 1. The average Bonchev–Trinajstić information content (AvgIpc) is 3.60. The second kappa shape index (κ2) is 20.5. The Kier molecular flexibility index (Phi) is 16.3. The molecule has 3 aromatic carbocycles. The summed E-state index contributed by atoms with van der Waals surface area (Å²) >= 11 is 0.